The standard InChI is InChI=1S/C21H28N6O2/c1-14-7-9-23-27(14)15(2)21(29)25-11-8-18-17(13-25)12-22-20(24-18)19-6-4-5-10-26(19)16(3)28/h7,9,12,15,19H,4-6,8,10-11,13H2,1-3H3. The minimum atomic E-state index is -0.335. The molecule has 0 spiro atoms. The summed E-state index contributed by atoms with van der Waals surface area (Å²) in [5.41, 5.74) is 2.96. The summed E-state index contributed by atoms with van der Waals surface area (Å²) in [4.78, 5) is 38.1. The normalized spacial score (nSPS) is 20.3. The van der Waals surface area contributed by atoms with Crippen LogP contribution in [-0.4, -0.2) is 54.5 Å². The number of amides is 2. The summed E-state index contributed by atoms with van der Waals surface area (Å²) in [6, 6.07) is 1.53. The van der Waals surface area contributed by atoms with Crippen molar-refractivity contribution in [1.29, 1.82) is 0 Å². The lowest BCUT2D eigenvalue weighted by atomic mass is 10.00. The van der Waals surface area contributed by atoms with Crippen molar-refractivity contribution >= 4 is 11.8 Å². The molecule has 8 nitrogen and oxygen atoms in total. The summed E-state index contributed by atoms with van der Waals surface area (Å²) >= 11 is 0. The van der Waals surface area contributed by atoms with Crippen molar-refractivity contribution in [2.45, 2.75) is 65.1 Å². The summed E-state index contributed by atoms with van der Waals surface area (Å²) in [6.45, 7) is 7.37. The van der Waals surface area contributed by atoms with Crippen molar-refractivity contribution in [2.24, 2.45) is 0 Å². The van der Waals surface area contributed by atoms with Crippen LogP contribution in [0.4, 0.5) is 0 Å². The molecular weight excluding hydrogens is 368 g/mol. The molecule has 2 amide bonds. The molecule has 1 fully saturated rings. The van der Waals surface area contributed by atoms with Crippen molar-refractivity contribution in [1.82, 2.24) is 29.5 Å². The summed E-state index contributed by atoms with van der Waals surface area (Å²) in [6.07, 6.45) is 7.29. The predicted octanol–water partition coefficient (Wildman–Crippen LogP) is 2.20. The Kier molecular flexibility index (Phi) is 5.34. The van der Waals surface area contributed by atoms with Gasteiger partial charge in [-0.1, -0.05) is 0 Å². The van der Waals surface area contributed by atoms with Crippen LogP contribution < -0.4 is 0 Å². The fourth-order valence-corrected chi connectivity index (χ4v) is 4.41. The first-order valence-electron chi connectivity index (χ1n) is 10.4. The van der Waals surface area contributed by atoms with Crippen molar-refractivity contribution in [3.63, 3.8) is 0 Å². The first-order chi connectivity index (χ1) is 14.0. The third-order valence-electron chi connectivity index (χ3n) is 6.06. The molecule has 0 aliphatic carbocycles. The number of aromatic nitrogens is 4. The molecule has 0 N–H and O–H groups in total. The van der Waals surface area contributed by atoms with Crippen LogP contribution in [0.1, 0.15) is 68.0 Å². The number of carbonyl (C=O) groups excluding carboxylic acids is 2. The highest BCUT2D eigenvalue weighted by Gasteiger charge is 2.31. The Bertz CT molecular complexity index is 924. The lowest BCUT2D eigenvalue weighted by Gasteiger charge is -2.35. The van der Waals surface area contributed by atoms with Crippen LogP contribution >= 0.6 is 0 Å². The molecule has 2 unspecified atom stereocenters. The molecular formula is C21H28N6O2. The zero-order valence-corrected chi connectivity index (χ0v) is 17.3. The van der Waals surface area contributed by atoms with Gasteiger partial charge in [-0.15, -0.1) is 0 Å². The van der Waals surface area contributed by atoms with Gasteiger partial charge in [0.1, 0.15) is 6.04 Å². The van der Waals surface area contributed by atoms with Crippen LogP contribution in [-0.2, 0) is 22.6 Å². The number of aryl methyl sites for hydroxylation is 1. The van der Waals surface area contributed by atoms with Gasteiger partial charge in [0.25, 0.3) is 0 Å². The Labute approximate surface area is 170 Å². The topological polar surface area (TPSA) is 84.2 Å². The van der Waals surface area contributed by atoms with E-state index >= 15 is 0 Å². The maximum Gasteiger partial charge on any atom is 0.247 e. The summed E-state index contributed by atoms with van der Waals surface area (Å²) in [7, 11) is 0. The number of rotatable bonds is 3. The van der Waals surface area contributed by atoms with Gasteiger partial charge in [0.2, 0.25) is 11.8 Å². The number of piperidine rings is 1. The molecule has 29 heavy (non-hydrogen) atoms. The number of hydrogen-bond donors (Lipinski definition) is 0. The van der Waals surface area contributed by atoms with Crippen molar-refractivity contribution in [3.8, 4) is 0 Å². The monoisotopic (exact) mass is 396 g/mol. The molecule has 2 aliphatic rings. The summed E-state index contributed by atoms with van der Waals surface area (Å²) in [5, 5.41) is 4.27. The first kappa shape index (κ1) is 19.5. The van der Waals surface area contributed by atoms with Gasteiger partial charge >= 0.3 is 0 Å². The third-order valence-corrected chi connectivity index (χ3v) is 6.06. The summed E-state index contributed by atoms with van der Waals surface area (Å²) < 4.78 is 1.76. The van der Waals surface area contributed by atoms with E-state index in [1.54, 1.807) is 17.8 Å². The molecule has 0 aromatic carbocycles. The fraction of sp³-hybridized carbons (Fsp3) is 0.571. The second-order valence-corrected chi connectivity index (χ2v) is 8.03. The third kappa shape index (κ3) is 3.75. The van der Waals surface area contributed by atoms with E-state index in [0.717, 1.165) is 48.6 Å². The molecule has 2 aromatic rings. The maximum atomic E-state index is 13.0. The Balaban J connectivity index is 1.50. The van der Waals surface area contributed by atoms with Gasteiger partial charge in [0.15, 0.2) is 5.82 Å². The molecule has 2 aliphatic heterocycles. The molecule has 1 saturated heterocycles. The highest BCUT2D eigenvalue weighted by molar-refractivity contribution is 5.80. The zero-order chi connectivity index (χ0) is 20.5. The Morgan fingerprint density at radius 3 is 2.79 bits per heavy atom. The predicted molar refractivity (Wildman–Crippen MR) is 107 cm³/mol. The van der Waals surface area contributed by atoms with Gasteiger partial charge in [-0.2, -0.15) is 5.10 Å². The fourth-order valence-electron chi connectivity index (χ4n) is 4.41. The number of carbonyl (C=O) groups is 2. The van der Waals surface area contributed by atoms with Gasteiger partial charge in [-0.3, -0.25) is 14.3 Å². The SMILES string of the molecule is CC(=O)N1CCCCC1c1ncc2c(n1)CCN(C(=O)C(C)n1nccc1C)C2. The van der Waals surface area contributed by atoms with Crippen LogP contribution in [0, 0.1) is 6.92 Å². The molecule has 0 saturated carbocycles. The van der Waals surface area contributed by atoms with Crippen LogP contribution in [0.25, 0.3) is 0 Å². The minimum Gasteiger partial charge on any atom is -0.336 e. The average Bonchev–Trinajstić information content (AvgIpc) is 3.17. The van der Waals surface area contributed by atoms with Gasteiger partial charge in [0, 0.05) is 56.6 Å². The molecule has 8 heteroatoms. The highest BCUT2D eigenvalue weighted by Crippen LogP contribution is 2.30. The smallest absolute Gasteiger partial charge is 0.247 e. The van der Waals surface area contributed by atoms with E-state index in [1.807, 2.05) is 35.9 Å². The second-order valence-electron chi connectivity index (χ2n) is 8.03. The largest absolute Gasteiger partial charge is 0.336 e. The number of nitrogens with zero attached hydrogens (tertiary/aromatic N) is 6. The number of fused-ring (bicyclic) bond motifs is 1. The van der Waals surface area contributed by atoms with Gasteiger partial charge in [-0.05, 0) is 39.2 Å². The van der Waals surface area contributed by atoms with E-state index < -0.39 is 0 Å². The number of likely N-dealkylation sites (tertiary alicyclic amines) is 1. The lowest BCUT2D eigenvalue weighted by molar-refractivity contribution is -0.135. The minimum absolute atomic E-state index is 0.0333. The maximum absolute atomic E-state index is 13.0. The van der Waals surface area contributed by atoms with E-state index in [2.05, 4.69) is 10.1 Å². The van der Waals surface area contributed by atoms with Gasteiger partial charge in [0.05, 0.1) is 11.7 Å². The van der Waals surface area contributed by atoms with Gasteiger partial charge < -0.3 is 9.80 Å². The second kappa shape index (κ2) is 7.93. The Morgan fingerprint density at radius 1 is 1.24 bits per heavy atom. The van der Waals surface area contributed by atoms with Crippen molar-refractivity contribution in [3.05, 3.63) is 41.2 Å². The molecule has 0 radical (unpaired) electrons. The van der Waals surface area contributed by atoms with E-state index in [4.69, 9.17) is 4.98 Å². The van der Waals surface area contributed by atoms with Crippen molar-refractivity contribution in [2.75, 3.05) is 13.1 Å². The average molecular weight is 396 g/mol. The van der Waals surface area contributed by atoms with Crippen LogP contribution in [0.5, 0.6) is 0 Å². The summed E-state index contributed by atoms with van der Waals surface area (Å²) in [5.74, 6) is 0.871. The Morgan fingerprint density at radius 2 is 2.07 bits per heavy atom. The molecule has 4 rings (SSSR count). The number of hydrogen-bond acceptors (Lipinski definition) is 5. The van der Waals surface area contributed by atoms with Crippen LogP contribution in [0.3, 0.4) is 0 Å². The van der Waals surface area contributed by atoms with Crippen LogP contribution in [0.15, 0.2) is 18.5 Å². The molecule has 2 aromatic heterocycles. The quantitative estimate of drug-likeness (QED) is 0.794. The molecule has 4 heterocycles. The molecule has 154 valence electrons. The van der Waals surface area contributed by atoms with Crippen LogP contribution in [0.2, 0.25) is 0 Å². The van der Waals surface area contributed by atoms with Crippen molar-refractivity contribution < 1.29 is 9.59 Å². The van der Waals surface area contributed by atoms with E-state index in [1.165, 1.54) is 0 Å². The van der Waals surface area contributed by atoms with Gasteiger partial charge in [-0.25, -0.2) is 9.97 Å². The zero-order valence-electron chi connectivity index (χ0n) is 17.3. The lowest BCUT2D eigenvalue weighted by Crippen LogP contribution is -2.41. The molecule has 0 bridgehead atoms. The Hall–Kier alpha value is -2.77. The van der Waals surface area contributed by atoms with E-state index in [9.17, 15) is 9.59 Å². The van der Waals surface area contributed by atoms with E-state index in [-0.39, 0.29) is 23.9 Å². The first-order valence-corrected chi connectivity index (χ1v) is 10.4. The molecule has 2 atom stereocenters. The van der Waals surface area contributed by atoms with E-state index in [0.29, 0.717) is 19.5 Å². The highest BCUT2D eigenvalue weighted by atomic mass is 16.2.